The van der Waals surface area contributed by atoms with Crippen molar-refractivity contribution in [2.24, 2.45) is 0 Å². The van der Waals surface area contributed by atoms with E-state index in [1.54, 1.807) is 6.07 Å². The van der Waals surface area contributed by atoms with Crippen LogP contribution in [0.4, 0.5) is 0 Å². The van der Waals surface area contributed by atoms with Crippen molar-refractivity contribution in [3.05, 3.63) is 30.3 Å². The van der Waals surface area contributed by atoms with E-state index in [4.69, 9.17) is 10.00 Å². The van der Waals surface area contributed by atoms with Gasteiger partial charge in [-0.3, -0.25) is 0 Å². The van der Waals surface area contributed by atoms with Gasteiger partial charge in [-0.15, -0.1) is 0 Å². The molecule has 1 aromatic rings. The van der Waals surface area contributed by atoms with Gasteiger partial charge in [-0.25, -0.2) is 0 Å². The first-order valence-electron chi connectivity index (χ1n) is 3.40. The van der Waals surface area contributed by atoms with Crippen LogP contribution in [0.25, 0.3) is 0 Å². The lowest BCUT2D eigenvalue weighted by Crippen LogP contribution is -1.94. The molecule has 11 heavy (non-hydrogen) atoms. The van der Waals surface area contributed by atoms with Gasteiger partial charge in [-0.2, -0.15) is 5.26 Å². The van der Waals surface area contributed by atoms with Gasteiger partial charge < -0.3 is 4.74 Å². The third-order valence-electron chi connectivity index (χ3n) is 1.15. The smallest absolute Gasteiger partial charge is 0.127 e. The van der Waals surface area contributed by atoms with Gasteiger partial charge in [0.2, 0.25) is 0 Å². The SMILES string of the molecule is N#CCCOc1[c]cccc1. The fourth-order valence-corrected chi connectivity index (χ4v) is 0.673. The zero-order valence-corrected chi connectivity index (χ0v) is 6.08. The van der Waals surface area contributed by atoms with E-state index in [1.165, 1.54) is 0 Å². The van der Waals surface area contributed by atoms with Gasteiger partial charge >= 0.3 is 0 Å². The largest absolute Gasteiger partial charge is 0.492 e. The van der Waals surface area contributed by atoms with E-state index in [0.29, 0.717) is 18.8 Å². The van der Waals surface area contributed by atoms with E-state index >= 15 is 0 Å². The molecule has 0 amide bonds. The van der Waals surface area contributed by atoms with Crippen molar-refractivity contribution < 1.29 is 4.74 Å². The number of hydrogen-bond donors (Lipinski definition) is 0. The molecular weight excluding hydrogens is 138 g/mol. The molecule has 0 aromatic heterocycles. The molecule has 0 spiro atoms. The molecule has 0 bridgehead atoms. The predicted octanol–water partition coefficient (Wildman–Crippen LogP) is 1.78. The highest BCUT2D eigenvalue weighted by atomic mass is 16.5. The number of benzene rings is 1. The van der Waals surface area contributed by atoms with Crippen LogP contribution >= 0.6 is 0 Å². The van der Waals surface area contributed by atoms with Crippen molar-refractivity contribution in [1.82, 2.24) is 0 Å². The Morgan fingerprint density at radius 1 is 1.55 bits per heavy atom. The fourth-order valence-electron chi connectivity index (χ4n) is 0.673. The molecule has 0 N–H and O–H groups in total. The second-order valence-corrected chi connectivity index (χ2v) is 1.98. The van der Waals surface area contributed by atoms with Crippen molar-refractivity contribution >= 4 is 0 Å². The van der Waals surface area contributed by atoms with Gasteiger partial charge in [0, 0.05) is 6.07 Å². The third kappa shape index (κ3) is 2.72. The maximum atomic E-state index is 8.20. The number of ether oxygens (including phenoxy) is 1. The molecular formula is C9H8NO. The summed E-state index contributed by atoms with van der Waals surface area (Å²) < 4.78 is 5.17. The Morgan fingerprint density at radius 3 is 3.09 bits per heavy atom. The summed E-state index contributed by atoms with van der Waals surface area (Å²) in [6, 6.07) is 12.2. The van der Waals surface area contributed by atoms with Gasteiger partial charge in [0.25, 0.3) is 0 Å². The Balaban J connectivity index is 2.35. The van der Waals surface area contributed by atoms with Crippen LogP contribution in [0.1, 0.15) is 6.42 Å². The van der Waals surface area contributed by atoms with Gasteiger partial charge in [0.1, 0.15) is 12.4 Å². The normalized spacial score (nSPS) is 8.64. The molecule has 0 heterocycles. The zero-order valence-electron chi connectivity index (χ0n) is 6.08. The van der Waals surface area contributed by atoms with Crippen molar-refractivity contribution in [2.45, 2.75) is 6.42 Å². The predicted molar refractivity (Wildman–Crippen MR) is 41.0 cm³/mol. The summed E-state index contributed by atoms with van der Waals surface area (Å²) in [5, 5.41) is 8.20. The summed E-state index contributed by atoms with van der Waals surface area (Å²) in [5.41, 5.74) is 0. The molecule has 0 saturated carbocycles. The molecule has 55 valence electrons. The number of para-hydroxylation sites is 1. The Morgan fingerprint density at radius 2 is 2.45 bits per heavy atom. The lowest BCUT2D eigenvalue weighted by atomic mass is 10.3. The second kappa shape index (κ2) is 4.35. The van der Waals surface area contributed by atoms with Crippen LogP contribution in [-0.2, 0) is 0 Å². The highest BCUT2D eigenvalue weighted by Gasteiger charge is 1.89. The summed E-state index contributed by atoms with van der Waals surface area (Å²) in [5.74, 6) is 0.697. The van der Waals surface area contributed by atoms with E-state index in [1.807, 2.05) is 24.3 Å². The van der Waals surface area contributed by atoms with E-state index in [-0.39, 0.29) is 0 Å². The summed E-state index contributed by atoms with van der Waals surface area (Å²) in [6.45, 7) is 0.441. The first-order chi connectivity index (χ1) is 5.43. The van der Waals surface area contributed by atoms with Crippen LogP contribution in [0, 0.1) is 17.4 Å². The molecule has 2 heteroatoms. The van der Waals surface area contributed by atoms with Crippen LogP contribution < -0.4 is 4.74 Å². The average molecular weight is 146 g/mol. The molecule has 0 fully saturated rings. The average Bonchev–Trinajstić information content (AvgIpc) is 2.07. The van der Waals surface area contributed by atoms with E-state index in [2.05, 4.69) is 6.07 Å². The minimum absolute atomic E-state index is 0.419. The molecule has 1 rings (SSSR count). The maximum Gasteiger partial charge on any atom is 0.127 e. The van der Waals surface area contributed by atoms with Crippen molar-refractivity contribution in [1.29, 1.82) is 5.26 Å². The first kappa shape index (κ1) is 7.62. The molecule has 0 aliphatic carbocycles. The minimum atomic E-state index is 0.419. The Hall–Kier alpha value is -1.49. The summed E-state index contributed by atoms with van der Waals surface area (Å²) in [7, 11) is 0. The standard InChI is InChI=1S/C9H8NO/c10-7-4-8-11-9-5-2-1-3-6-9/h1-3,5H,4,8H2. The number of nitriles is 1. The van der Waals surface area contributed by atoms with Gasteiger partial charge in [-0.1, -0.05) is 18.2 Å². The Kier molecular flexibility index (Phi) is 3.01. The quantitative estimate of drug-likeness (QED) is 0.609. The van der Waals surface area contributed by atoms with E-state index < -0.39 is 0 Å². The van der Waals surface area contributed by atoms with E-state index in [0.717, 1.165) is 0 Å². The second-order valence-electron chi connectivity index (χ2n) is 1.98. The van der Waals surface area contributed by atoms with Crippen molar-refractivity contribution in [3.8, 4) is 11.8 Å². The number of rotatable bonds is 3. The first-order valence-corrected chi connectivity index (χ1v) is 3.40. The van der Waals surface area contributed by atoms with Crippen LogP contribution in [-0.4, -0.2) is 6.61 Å². The lowest BCUT2D eigenvalue weighted by molar-refractivity contribution is 0.326. The molecule has 2 nitrogen and oxygen atoms in total. The molecule has 0 saturated heterocycles. The maximum absolute atomic E-state index is 8.20. The molecule has 0 atom stereocenters. The monoisotopic (exact) mass is 146 g/mol. The highest BCUT2D eigenvalue weighted by molar-refractivity contribution is 5.19. The third-order valence-corrected chi connectivity index (χ3v) is 1.15. The van der Waals surface area contributed by atoms with Gasteiger partial charge in [0.05, 0.1) is 12.5 Å². The molecule has 1 aromatic carbocycles. The number of hydrogen-bond acceptors (Lipinski definition) is 2. The number of nitrogens with zero attached hydrogens (tertiary/aromatic N) is 1. The lowest BCUT2D eigenvalue weighted by Gasteiger charge is -2.00. The highest BCUT2D eigenvalue weighted by Crippen LogP contribution is 2.06. The van der Waals surface area contributed by atoms with Gasteiger partial charge in [-0.05, 0) is 6.07 Å². The Labute approximate surface area is 66.0 Å². The topological polar surface area (TPSA) is 33.0 Å². The molecule has 0 unspecified atom stereocenters. The summed E-state index contributed by atoms with van der Waals surface area (Å²) in [6.07, 6.45) is 0.419. The van der Waals surface area contributed by atoms with Crippen molar-refractivity contribution in [2.75, 3.05) is 6.61 Å². The summed E-state index contributed by atoms with van der Waals surface area (Å²) in [4.78, 5) is 0. The van der Waals surface area contributed by atoms with Crippen LogP contribution in [0.2, 0.25) is 0 Å². The Bertz CT molecular complexity index is 237. The fraction of sp³-hybridized carbons (Fsp3) is 0.222. The van der Waals surface area contributed by atoms with E-state index in [9.17, 15) is 0 Å². The van der Waals surface area contributed by atoms with Crippen LogP contribution in [0.5, 0.6) is 5.75 Å². The molecule has 0 aliphatic rings. The molecule has 0 aliphatic heterocycles. The van der Waals surface area contributed by atoms with Crippen LogP contribution in [0.15, 0.2) is 24.3 Å². The van der Waals surface area contributed by atoms with Crippen molar-refractivity contribution in [3.63, 3.8) is 0 Å². The van der Waals surface area contributed by atoms with Gasteiger partial charge in [0.15, 0.2) is 0 Å². The minimum Gasteiger partial charge on any atom is -0.492 e. The van der Waals surface area contributed by atoms with Crippen LogP contribution in [0.3, 0.4) is 0 Å². The zero-order chi connectivity index (χ0) is 7.94. The summed E-state index contributed by atoms with van der Waals surface area (Å²) >= 11 is 0. The molecule has 1 radical (unpaired) electrons.